The number of rotatable bonds is 3. The largest absolute Gasteiger partial charge is 0.128 e. The molecule has 1 saturated carbocycles. The molecule has 1 aliphatic carbocycles. The predicted octanol–water partition coefficient (Wildman–Crippen LogP) is 3.96. The molecule has 12 heavy (non-hydrogen) atoms. The Morgan fingerprint density at radius 3 is 2.58 bits per heavy atom. The number of halogens is 2. The van der Waals surface area contributed by atoms with E-state index in [9.17, 15) is 0 Å². The van der Waals surface area contributed by atoms with Gasteiger partial charge in [-0.15, -0.1) is 22.9 Å². The molecular formula is C9H10Cl2S. The van der Waals surface area contributed by atoms with Gasteiger partial charge in [0, 0.05) is 10.8 Å². The highest BCUT2D eigenvalue weighted by Gasteiger charge is 2.41. The molecule has 0 saturated heterocycles. The maximum atomic E-state index is 5.88. The van der Waals surface area contributed by atoms with Gasteiger partial charge in [0.2, 0.25) is 0 Å². The first-order valence-electron chi connectivity index (χ1n) is 4.04. The zero-order valence-corrected chi connectivity index (χ0v) is 8.98. The van der Waals surface area contributed by atoms with Crippen molar-refractivity contribution in [3.8, 4) is 0 Å². The van der Waals surface area contributed by atoms with Gasteiger partial charge in [0.25, 0.3) is 0 Å². The van der Waals surface area contributed by atoms with E-state index in [0.717, 1.165) is 16.6 Å². The lowest BCUT2D eigenvalue weighted by Crippen LogP contribution is -2.04. The lowest BCUT2D eigenvalue weighted by Gasteiger charge is -2.07. The molecule has 0 nitrogen and oxygen atoms in total. The minimum atomic E-state index is 0.426. The van der Waals surface area contributed by atoms with Gasteiger partial charge >= 0.3 is 0 Å². The van der Waals surface area contributed by atoms with E-state index >= 15 is 0 Å². The van der Waals surface area contributed by atoms with Crippen LogP contribution in [0.1, 0.15) is 17.7 Å². The molecule has 0 N–H and O–H groups in total. The van der Waals surface area contributed by atoms with Gasteiger partial charge in [-0.25, -0.2) is 0 Å². The first-order valence-corrected chi connectivity index (χ1v) is 5.77. The van der Waals surface area contributed by atoms with Gasteiger partial charge in [0.05, 0.1) is 4.34 Å². The Labute approximate surface area is 86.5 Å². The van der Waals surface area contributed by atoms with Crippen molar-refractivity contribution in [1.82, 2.24) is 0 Å². The molecule has 0 spiro atoms. The SMILES string of the molecule is ClCC1(Cc2ccc(Cl)s2)CC1. The lowest BCUT2D eigenvalue weighted by molar-refractivity contribution is 0.584. The fourth-order valence-corrected chi connectivity index (χ4v) is 2.97. The molecule has 2 rings (SSSR count). The van der Waals surface area contributed by atoms with Gasteiger partial charge in [-0.3, -0.25) is 0 Å². The van der Waals surface area contributed by atoms with Crippen LogP contribution in [0.25, 0.3) is 0 Å². The second-order valence-corrected chi connectivity index (χ2v) is 5.58. The average Bonchev–Trinajstić information content (AvgIpc) is 2.71. The molecule has 0 aromatic carbocycles. The molecule has 0 bridgehead atoms. The van der Waals surface area contributed by atoms with Crippen LogP contribution in [0.3, 0.4) is 0 Å². The standard InChI is InChI=1S/C9H10Cl2S/c10-6-9(3-4-9)5-7-1-2-8(11)12-7/h1-2H,3-6H2. The Balaban J connectivity index is 2.04. The van der Waals surface area contributed by atoms with Crippen molar-refractivity contribution in [2.45, 2.75) is 19.3 Å². The molecule has 66 valence electrons. The van der Waals surface area contributed by atoms with Crippen LogP contribution in [-0.4, -0.2) is 5.88 Å². The number of hydrogen-bond acceptors (Lipinski definition) is 1. The Morgan fingerprint density at radius 1 is 1.42 bits per heavy atom. The van der Waals surface area contributed by atoms with Crippen molar-refractivity contribution in [3.05, 3.63) is 21.3 Å². The van der Waals surface area contributed by atoms with Gasteiger partial charge in [-0.05, 0) is 36.8 Å². The number of alkyl halides is 1. The third-order valence-corrected chi connectivity index (χ3v) is 4.22. The molecule has 1 aromatic heterocycles. The van der Waals surface area contributed by atoms with Gasteiger partial charge in [0.15, 0.2) is 0 Å². The molecule has 0 unspecified atom stereocenters. The van der Waals surface area contributed by atoms with Crippen LogP contribution in [0.4, 0.5) is 0 Å². The summed E-state index contributed by atoms with van der Waals surface area (Å²) in [6.45, 7) is 0. The van der Waals surface area contributed by atoms with Crippen LogP contribution >= 0.6 is 34.5 Å². The lowest BCUT2D eigenvalue weighted by atomic mass is 10.0. The van der Waals surface area contributed by atoms with Crippen molar-refractivity contribution in [3.63, 3.8) is 0 Å². The van der Waals surface area contributed by atoms with Crippen LogP contribution in [0.5, 0.6) is 0 Å². The summed E-state index contributed by atoms with van der Waals surface area (Å²) in [5.74, 6) is 0.794. The summed E-state index contributed by atoms with van der Waals surface area (Å²) >= 11 is 13.4. The number of thiophene rings is 1. The van der Waals surface area contributed by atoms with E-state index in [0.29, 0.717) is 5.41 Å². The zero-order chi connectivity index (χ0) is 8.60. The summed E-state index contributed by atoms with van der Waals surface area (Å²) in [7, 11) is 0. The van der Waals surface area contributed by atoms with E-state index < -0.39 is 0 Å². The first kappa shape index (κ1) is 8.86. The van der Waals surface area contributed by atoms with E-state index in [1.54, 1.807) is 11.3 Å². The van der Waals surface area contributed by atoms with Crippen LogP contribution in [0.15, 0.2) is 12.1 Å². The highest BCUT2D eigenvalue weighted by Crippen LogP contribution is 2.50. The third kappa shape index (κ3) is 1.78. The molecule has 1 heterocycles. The van der Waals surface area contributed by atoms with E-state index in [1.807, 2.05) is 6.07 Å². The number of hydrogen-bond donors (Lipinski definition) is 0. The van der Waals surface area contributed by atoms with Crippen molar-refractivity contribution < 1.29 is 0 Å². The highest BCUT2D eigenvalue weighted by atomic mass is 35.5. The van der Waals surface area contributed by atoms with Crippen molar-refractivity contribution >= 4 is 34.5 Å². The summed E-state index contributed by atoms with van der Waals surface area (Å²) in [6, 6.07) is 4.07. The van der Waals surface area contributed by atoms with Crippen LogP contribution in [-0.2, 0) is 6.42 Å². The predicted molar refractivity (Wildman–Crippen MR) is 55.4 cm³/mol. The molecule has 3 heteroatoms. The van der Waals surface area contributed by atoms with Crippen molar-refractivity contribution in [1.29, 1.82) is 0 Å². The van der Waals surface area contributed by atoms with E-state index in [2.05, 4.69) is 6.07 Å². The van der Waals surface area contributed by atoms with Crippen molar-refractivity contribution in [2.75, 3.05) is 5.88 Å². The van der Waals surface area contributed by atoms with Gasteiger partial charge < -0.3 is 0 Å². The molecule has 0 atom stereocenters. The fraction of sp³-hybridized carbons (Fsp3) is 0.556. The fourth-order valence-electron chi connectivity index (χ4n) is 1.35. The minimum Gasteiger partial charge on any atom is -0.128 e. The van der Waals surface area contributed by atoms with Gasteiger partial charge in [-0.2, -0.15) is 0 Å². The van der Waals surface area contributed by atoms with E-state index in [1.165, 1.54) is 17.7 Å². The maximum Gasteiger partial charge on any atom is 0.0931 e. The zero-order valence-electron chi connectivity index (χ0n) is 6.65. The molecule has 0 aliphatic heterocycles. The highest BCUT2D eigenvalue weighted by molar-refractivity contribution is 7.16. The normalized spacial score (nSPS) is 19.5. The van der Waals surface area contributed by atoms with Crippen LogP contribution in [0, 0.1) is 5.41 Å². The second-order valence-electron chi connectivity index (χ2n) is 3.52. The monoisotopic (exact) mass is 220 g/mol. The quantitative estimate of drug-likeness (QED) is 0.677. The van der Waals surface area contributed by atoms with E-state index in [-0.39, 0.29) is 0 Å². The molecule has 0 radical (unpaired) electrons. The second kappa shape index (κ2) is 3.21. The Morgan fingerprint density at radius 2 is 2.17 bits per heavy atom. The Hall–Kier alpha value is 0.280. The topological polar surface area (TPSA) is 0 Å². The summed E-state index contributed by atoms with van der Waals surface area (Å²) < 4.78 is 0.885. The minimum absolute atomic E-state index is 0.426. The maximum absolute atomic E-state index is 5.88. The van der Waals surface area contributed by atoms with E-state index in [4.69, 9.17) is 23.2 Å². The molecule has 0 amide bonds. The Kier molecular flexibility index (Phi) is 2.37. The Bertz CT molecular complexity index is 276. The van der Waals surface area contributed by atoms with Gasteiger partial charge in [0.1, 0.15) is 0 Å². The van der Waals surface area contributed by atoms with Gasteiger partial charge in [-0.1, -0.05) is 11.6 Å². The first-order chi connectivity index (χ1) is 5.74. The summed E-state index contributed by atoms with van der Waals surface area (Å²) in [6.07, 6.45) is 3.69. The average molecular weight is 221 g/mol. The summed E-state index contributed by atoms with van der Waals surface area (Å²) in [5.41, 5.74) is 0.426. The van der Waals surface area contributed by atoms with Crippen molar-refractivity contribution in [2.24, 2.45) is 5.41 Å². The summed E-state index contributed by atoms with van der Waals surface area (Å²) in [5, 5.41) is 0. The molecule has 1 aliphatic rings. The molecule has 1 aromatic rings. The third-order valence-electron chi connectivity index (χ3n) is 2.42. The van der Waals surface area contributed by atoms with Crippen LogP contribution < -0.4 is 0 Å². The molecule has 1 fully saturated rings. The van der Waals surface area contributed by atoms with Crippen LogP contribution in [0.2, 0.25) is 4.34 Å². The molecular weight excluding hydrogens is 211 g/mol. The smallest absolute Gasteiger partial charge is 0.0931 e. The summed E-state index contributed by atoms with van der Waals surface area (Å²) in [4.78, 5) is 1.37.